The minimum Gasteiger partial charge on any atom is -0.468 e. The molecule has 0 N–H and O–H groups in total. The van der Waals surface area contributed by atoms with Crippen LogP contribution in [0.3, 0.4) is 0 Å². The van der Waals surface area contributed by atoms with Crippen LogP contribution < -0.4 is 0 Å². The number of methoxy groups -OCH3 is 2. The summed E-state index contributed by atoms with van der Waals surface area (Å²) < 4.78 is 9.05. The van der Waals surface area contributed by atoms with Crippen LogP contribution in [0.4, 0.5) is 4.79 Å². The van der Waals surface area contributed by atoms with Gasteiger partial charge in [0.2, 0.25) is 0 Å². The molecular weight excluding hydrogens is 322 g/mol. The second-order valence-corrected chi connectivity index (χ2v) is 5.45. The molecule has 2 rings (SSSR count). The summed E-state index contributed by atoms with van der Waals surface area (Å²) in [6.07, 6.45) is 1.52. The lowest BCUT2D eigenvalue weighted by Gasteiger charge is -2.09. The number of carbonyl (C=O) groups excluding carboxylic acids is 4. The van der Waals surface area contributed by atoms with Gasteiger partial charge in [0.05, 0.1) is 24.7 Å². The van der Waals surface area contributed by atoms with Gasteiger partial charge in [0, 0.05) is 0 Å². The normalized spacial score (nSPS) is 15.9. The van der Waals surface area contributed by atoms with Crippen molar-refractivity contribution in [3.05, 3.63) is 40.3 Å². The summed E-state index contributed by atoms with van der Waals surface area (Å²) in [7, 11) is 2.47. The summed E-state index contributed by atoms with van der Waals surface area (Å²) in [6.45, 7) is -0.417. The number of esters is 2. The minimum absolute atomic E-state index is 0.199. The highest BCUT2D eigenvalue weighted by molar-refractivity contribution is 8.18. The van der Waals surface area contributed by atoms with Crippen LogP contribution >= 0.6 is 11.8 Å². The van der Waals surface area contributed by atoms with Gasteiger partial charge in [-0.2, -0.15) is 0 Å². The summed E-state index contributed by atoms with van der Waals surface area (Å²) in [5.74, 6) is -1.69. The van der Waals surface area contributed by atoms with Crippen molar-refractivity contribution in [1.82, 2.24) is 4.90 Å². The van der Waals surface area contributed by atoms with Crippen molar-refractivity contribution in [3.63, 3.8) is 0 Å². The predicted octanol–water partition coefficient (Wildman–Crippen LogP) is 1.68. The highest BCUT2D eigenvalue weighted by Crippen LogP contribution is 2.32. The Labute approximate surface area is 136 Å². The van der Waals surface area contributed by atoms with Gasteiger partial charge in [-0.1, -0.05) is 12.1 Å². The monoisotopic (exact) mass is 335 g/mol. The zero-order valence-corrected chi connectivity index (χ0v) is 13.2. The fourth-order valence-corrected chi connectivity index (χ4v) is 2.65. The Kier molecular flexibility index (Phi) is 5.17. The van der Waals surface area contributed by atoms with Crippen molar-refractivity contribution in [3.8, 4) is 0 Å². The Morgan fingerprint density at radius 1 is 1.13 bits per heavy atom. The zero-order chi connectivity index (χ0) is 17.0. The molecule has 7 nitrogen and oxygen atoms in total. The van der Waals surface area contributed by atoms with Crippen LogP contribution in [0.5, 0.6) is 0 Å². The van der Waals surface area contributed by atoms with Crippen molar-refractivity contribution in [1.29, 1.82) is 0 Å². The van der Waals surface area contributed by atoms with E-state index in [2.05, 4.69) is 9.47 Å². The number of hydrogen-bond acceptors (Lipinski definition) is 7. The lowest BCUT2D eigenvalue weighted by Crippen LogP contribution is -2.34. The van der Waals surface area contributed by atoms with E-state index in [4.69, 9.17) is 0 Å². The first-order chi connectivity index (χ1) is 11.0. The third-order valence-corrected chi connectivity index (χ3v) is 3.93. The molecule has 0 bridgehead atoms. The quantitative estimate of drug-likeness (QED) is 0.611. The lowest BCUT2D eigenvalue weighted by atomic mass is 10.1. The molecule has 0 aliphatic carbocycles. The van der Waals surface area contributed by atoms with Crippen molar-refractivity contribution in [2.75, 3.05) is 20.8 Å². The van der Waals surface area contributed by atoms with E-state index in [1.54, 1.807) is 24.3 Å². The van der Waals surface area contributed by atoms with E-state index in [0.717, 1.165) is 16.7 Å². The van der Waals surface area contributed by atoms with Gasteiger partial charge in [-0.15, -0.1) is 0 Å². The van der Waals surface area contributed by atoms with Gasteiger partial charge >= 0.3 is 11.9 Å². The maximum absolute atomic E-state index is 12.1. The van der Waals surface area contributed by atoms with E-state index in [0.29, 0.717) is 11.1 Å². The van der Waals surface area contributed by atoms with E-state index in [1.165, 1.54) is 20.3 Å². The van der Waals surface area contributed by atoms with Gasteiger partial charge < -0.3 is 9.47 Å². The molecule has 0 spiro atoms. The number of rotatable bonds is 4. The van der Waals surface area contributed by atoms with E-state index >= 15 is 0 Å². The number of thioether (sulfide) groups is 1. The fraction of sp³-hybridized carbons (Fsp3) is 0.200. The number of nitrogens with zero attached hydrogens (tertiary/aromatic N) is 1. The van der Waals surface area contributed by atoms with Gasteiger partial charge in [0.1, 0.15) is 6.54 Å². The molecule has 8 heteroatoms. The molecule has 2 amide bonds. The Balaban J connectivity index is 2.17. The molecule has 0 atom stereocenters. The fourth-order valence-electron chi connectivity index (χ4n) is 1.81. The summed E-state index contributed by atoms with van der Waals surface area (Å²) in [6, 6.07) is 6.35. The highest BCUT2D eigenvalue weighted by atomic mass is 32.2. The van der Waals surface area contributed by atoms with Crippen LogP contribution in [0.25, 0.3) is 6.08 Å². The molecule has 120 valence electrons. The van der Waals surface area contributed by atoms with Crippen LogP contribution in [0.2, 0.25) is 0 Å². The molecule has 1 aromatic rings. The number of ether oxygens (including phenoxy) is 2. The summed E-state index contributed by atoms with van der Waals surface area (Å²) in [5, 5.41) is -0.530. The molecule has 0 saturated carbocycles. The van der Waals surface area contributed by atoms with Gasteiger partial charge in [-0.3, -0.25) is 19.3 Å². The third kappa shape index (κ3) is 3.78. The van der Waals surface area contributed by atoms with E-state index in [-0.39, 0.29) is 4.91 Å². The maximum Gasteiger partial charge on any atom is 0.337 e. The Morgan fingerprint density at radius 2 is 1.78 bits per heavy atom. The number of benzene rings is 1. The van der Waals surface area contributed by atoms with Crippen molar-refractivity contribution in [2.24, 2.45) is 0 Å². The summed E-state index contributed by atoms with van der Waals surface area (Å²) in [5.41, 5.74) is 1.02. The number of carbonyl (C=O) groups is 4. The SMILES string of the molecule is COC(=O)CN1C(=O)S/C(=C\c2ccc(C(=O)OC)cc2)C1=O. The van der Waals surface area contributed by atoms with Gasteiger partial charge in [0.15, 0.2) is 0 Å². The van der Waals surface area contributed by atoms with Crippen LogP contribution in [0, 0.1) is 0 Å². The maximum atomic E-state index is 12.1. The molecule has 1 fully saturated rings. The summed E-state index contributed by atoms with van der Waals surface area (Å²) in [4.78, 5) is 47.5. The van der Waals surface area contributed by atoms with Crippen LogP contribution in [-0.4, -0.2) is 48.7 Å². The number of hydrogen-bond donors (Lipinski definition) is 0. The second kappa shape index (κ2) is 7.10. The Bertz CT molecular complexity index is 694. The van der Waals surface area contributed by atoms with E-state index in [1.807, 2.05) is 0 Å². The van der Waals surface area contributed by atoms with E-state index in [9.17, 15) is 19.2 Å². The summed E-state index contributed by atoms with van der Waals surface area (Å²) >= 11 is 0.743. The van der Waals surface area contributed by atoms with Crippen molar-refractivity contribution < 1.29 is 28.7 Å². The first kappa shape index (κ1) is 16.8. The molecule has 0 radical (unpaired) electrons. The largest absolute Gasteiger partial charge is 0.468 e. The molecule has 0 aromatic heterocycles. The molecular formula is C15H13NO6S. The van der Waals surface area contributed by atoms with Crippen molar-refractivity contribution in [2.45, 2.75) is 0 Å². The molecule has 1 aliphatic heterocycles. The Morgan fingerprint density at radius 3 is 2.35 bits per heavy atom. The first-order valence-electron chi connectivity index (χ1n) is 6.47. The number of amides is 2. The van der Waals surface area contributed by atoms with Crippen LogP contribution in [0.1, 0.15) is 15.9 Å². The van der Waals surface area contributed by atoms with Gasteiger partial charge in [-0.05, 0) is 35.5 Å². The third-order valence-electron chi connectivity index (χ3n) is 3.02. The van der Waals surface area contributed by atoms with Gasteiger partial charge in [0.25, 0.3) is 11.1 Å². The van der Waals surface area contributed by atoms with Crippen molar-refractivity contribution >= 4 is 40.9 Å². The van der Waals surface area contributed by atoms with Crippen LogP contribution in [-0.2, 0) is 19.1 Å². The van der Waals surface area contributed by atoms with Crippen LogP contribution in [0.15, 0.2) is 29.2 Å². The average molecular weight is 335 g/mol. The Hall–Kier alpha value is -2.61. The minimum atomic E-state index is -0.670. The molecule has 1 aromatic carbocycles. The first-order valence-corrected chi connectivity index (χ1v) is 7.28. The zero-order valence-electron chi connectivity index (χ0n) is 12.4. The standard InChI is InChI=1S/C15H13NO6S/c1-21-12(17)8-16-13(18)11(23-15(16)20)7-9-3-5-10(6-4-9)14(19)22-2/h3-7H,8H2,1-2H3/b11-7-. The molecule has 1 saturated heterocycles. The highest BCUT2D eigenvalue weighted by Gasteiger charge is 2.36. The molecule has 1 aliphatic rings. The molecule has 1 heterocycles. The van der Waals surface area contributed by atoms with Gasteiger partial charge in [-0.25, -0.2) is 4.79 Å². The van der Waals surface area contributed by atoms with E-state index < -0.39 is 29.6 Å². The topological polar surface area (TPSA) is 90.0 Å². The lowest BCUT2D eigenvalue weighted by molar-refractivity contribution is -0.143. The number of imide groups is 1. The average Bonchev–Trinajstić information content (AvgIpc) is 2.82. The predicted molar refractivity (Wildman–Crippen MR) is 82.5 cm³/mol. The second-order valence-electron chi connectivity index (χ2n) is 4.46. The molecule has 23 heavy (non-hydrogen) atoms. The molecule has 0 unspecified atom stereocenters. The smallest absolute Gasteiger partial charge is 0.337 e.